The Hall–Kier alpha value is -0.530. The molecule has 0 aromatic heterocycles. The highest BCUT2D eigenvalue weighted by atomic mass is 35.5. The molecule has 0 amide bonds. The fourth-order valence-corrected chi connectivity index (χ4v) is 3.11. The van der Waals surface area contributed by atoms with Gasteiger partial charge in [0.15, 0.2) is 0 Å². The van der Waals surface area contributed by atoms with Crippen molar-refractivity contribution in [2.45, 2.75) is 44.6 Å². The van der Waals surface area contributed by atoms with Gasteiger partial charge >= 0.3 is 0 Å². The molecule has 1 fully saturated rings. The minimum Gasteiger partial charge on any atom is -0.385 e. The third-order valence-electron chi connectivity index (χ3n) is 3.78. The lowest BCUT2D eigenvalue weighted by Gasteiger charge is -2.37. The summed E-state index contributed by atoms with van der Waals surface area (Å²) in [5, 5.41) is 11.4. The standard InChI is InChI=1S/C14H19ClO/c1-2-11-6-5-9-14(16,10-11)12-7-3-4-8-13(12)15/h3-4,7-8,11,16H,2,5-6,9-10H2,1H3. The van der Waals surface area contributed by atoms with E-state index < -0.39 is 5.60 Å². The summed E-state index contributed by atoms with van der Waals surface area (Å²) in [4.78, 5) is 0. The Morgan fingerprint density at radius 1 is 1.44 bits per heavy atom. The Kier molecular flexibility index (Phi) is 3.56. The second-order valence-electron chi connectivity index (χ2n) is 4.88. The van der Waals surface area contributed by atoms with Crippen LogP contribution in [-0.2, 0) is 5.60 Å². The van der Waals surface area contributed by atoms with Gasteiger partial charge in [0, 0.05) is 10.6 Å². The zero-order valence-corrected chi connectivity index (χ0v) is 10.5. The highest BCUT2D eigenvalue weighted by molar-refractivity contribution is 6.31. The molecule has 2 heteroatoms. The summed E-state index contributed by atoms with van der Waals surface area (Å²) >= 11 is 6.18. The molecule has 88 valence electrons. The Balaban J connectivity index is 2.27. The van der Waals surface area contributed by atoms with Gasteiger partial charge in [-0.15, -0.1) is 0 Å². The topological polar surface area (TPSA) is 20.2 Å². The first-order valence-corrected chi connectivity index (χ1v) is 6.51. The second-order valence-corrected chi connectivity index (χ2v) is 5.29. The minimum absolute atomic E-state index is 0.634. The number of rotatable bonds is 2. The van der Waals surface area contributed by atoms with E-state index in [4.69, 9.17) is 11.6 Å². The van der Waals surface area contributed by atoms with E-state index in [-0.39, 0.29) is 0 Å². The molecule has 1 aromatic carbocycles. The molecule has 1 nitrogen and oxygen atoms in total. The van der Waals surface area contributed by atoms with Gasteiger partial charge in [-0.1, -0.05) is 49.6 Å². The minimum atomic E-state index is -0.697. The van der Waals surface area contributed by atoms with Gasteiger partial charge in [-0.05, 0) is 31.2 Å². The van der Waals surface area contributed by atoms with E-state index in [9.17, 15) is 5.11 Å². The van der Waals surface area contributed by atoms with E-state index in [2.05, 4.69) is 6.92 Å². The lowest BCUT2D eigenvalue weighted by atomic mass is 9.73. The first kappa shape index (κ1) is 11.9. The van der Waals surface area contributed by atoms with Crippen molar-refractivity contribution >= 4 is 11.6 Å². The smallest absolute Gasteiger partial charge is 0.0913 e. The number of halogens is 1. The fraction of sp³-hybridized carbons (Fsp3) is 0.571. The van der Waals surface area contributed by atoms with Crippen LogP contribution in [0.2, 0.25) is 5.02 Å². The third-order valence-corrected chi connectivity index (χ3v) is 4.11. The lowest BCUT2D eigenvalue weighted by molar-refractivity contribution is -0.0216. The van der Waals surface area contributed by atoms with Crippen LogP contribution < -0.4 is 0 Å². The molecule has 1 saturated carbocycles. The van der Waals surface area contributed by atoms with E-state index in [0.717, 1.165) is 31.2 Å². The molecule has 1 aliphatic rings. The number of hydrogen-bond donors (Lipinski definition) is 1. The predicted molar refractivity (Wildman–Crippen MR) is 67.6 cm³/mol. The Bertz CT molecular complexity index is 364. The van der Waals surface area contributed by atoms with Gasteiger partial charge in [0.1, 0.15) is 0 Å². The van der Waals surface area contributed by atoms with Crippen molar-refractivity contribution in [1.29, 1.82) is 0 Å². The molecule has 0 aliphatic heterocycles. The van der Waals surface area contributed by atoms with Crippen LogP contribution in [0.4, 0.5) is 0 Å². The van der Waals surface area contributed by atoms with Crippen molar-refractivity contribution in [2.24, 2.45) is 5.92 Å². The van der Waals surface area contributed by atoms with Gasteiger partial charge in [0.2, 0.25) is 0 Å². The molecular formula is C14H19ClO. The van der Waals surface area contributed by atoms with Crippen LogP contribution in [0.3, 0.4) is 0 Å². The quantitative estimate of drug-likeness (QED) is 0.822. The van der Waals surface area contributed by atoms with Crippen LogP contribution in [0, 0.1) is 5.92 Å². The van der Waals surface area contributed by atoms with Crippen molar-refractivity contribution in [3.05, 3.63) is 34.9 Å². The van der Waals surface area contributed by atoms with Crippen LogP contribution in [-0.4, -0.2) is 5.11 Å². The van der Waals surface area contributed by atoms with Crippen molar-refractivity contribution in [2.75, 3.05) is 0 Å². The molecule has 2 atom stereocenters. The maximum absolute atomic E-state index is 10.7. The molecule has 2 unspecified atom stereocenters. The second kappa shape index (κ2) is 4.77. The highest BCUT2D eigenvalue weighted by Crippen LogP contribution is 2.43. The van der Waals surface area contributed by atoms with Crippen molar-refractivity contribution < 1.29 is 5.11 Å². The van der Waals surface area contributed by atoms with Crippen molar-refractivity contribution in [1.82, 2.24) is 0 Å². The molecule has 0 heterocycles. The Morgan fingerprint density at radius 3 is 2.88 bits per heavy atom. The molecule has 0 saturated heterocycles. The first-order valence-electron chi connectivity index (χ1n) is 6.13. The predicted octanol–water partition coefficient (Wildman–Crippen LogP) is 4.13. The molecule has 0 bridgehead atoms. The van der Waals surface area contributed by atoms with Gasteiger partial charge in [-0.3, -0.25) is 0 Å². The van der Waals surface area contributed by atoms with Crippen molar-refractivity contribution in [3.8, 4) is 0 Å². The summed E-state index contributed by atoms with van der Waals surface area (Å²) in [7, 11) is 0. The fourth-order valence-electron chi connectivity index (χ4n) is 2.80. The van der Waals surface area contributed by atoms with E-state index in [1.165, 1.54) is 6.42 Å². The highest BCUT2D eigenvalue weighted by Gasteiger charge is 2.36. The summed E-state index contributed by atoms with van der Waals surface area (Å²) in [6.07, 6.45) is 5.18. The first-order chi connectivity index (χ1) is 7.65. The van der Waals surface area contributed by atoms with E-state index in [1.807, 2.05) is 24.3 Å². The summed E-state index contributed by atoms with van der Waals surface area (Å²) in [6.45, 7) is 2.20. The zero-order valence-electron chi connectivity index (χ0n) is 9.75. The maximum Gasteiger partial charge on any atom is 0.0913 e. The molecule has 0 radical (unpaired) electrons. The van der Waals surface area contributed by atoms with E-state index >= 15 is 0 Å². The third kappa shape index (κ3) is 2.26. The average molecular weight is 239 g/mol. The van der Waals surface area contributed by atoms with Crippen molar-refractivity contribution in [3.63, 3.8) is 0 Å². The monoisotopic (exact) mass is 238 g/mol. The molecule has 1 N–H and O–H groups in total. The molecular weight excluding hydrogens is 220 g/mol. The Morgan fingerprint density at radius 2 is 2.19 bits per heavy atom. The molecule has 16 heavy (non-hydrogen) atoms. The number of aliphatic hydroxyl groups is 1. The van der Waals surface area contributed by atoms with Gasteiger partial charge in [0.25, 0.3) is 0 Å². The molecule has 0 spiro atoms. The van der Waals surface area contributed by atoms with Crippen LogP contribution in [0.5, 0.6) is 0 Å². The summed E-state index contributed by atoms with van der Waals surface area (Å²) < 4.78 is 0. The normalized spacial score (nSPS) is 30.3. The van der Waals surface area contributed by atoms with Gasteiger partial charge in [-0.2, -0.15) is 0 Å². The van der Waals surface area contributed by atoms with Crippen LogP contribution >= 0.6 is 11.6 Å². The van der Waals surface area contributed by atoms with E-state index in [0.29, 0.717) is 10.9 Å². The summed E-state index contributed by atoms with van der Waals surface area (Å²) in [5.74, 6) is 0.634. The molecule has 2 rings (SSSR count). The SMILES string of the molecule is CCC1CCCC(O)(c2ccccc2Cl)C1. The van der Waals surface area contributed by atoms with Gasteiger partial charge in [0.05, 0.1) is 5.60 Å². The van der Waals surface area contributed by atoms with Gasteiger partial charge in [-0.25, -0.2) is 0 Å². The maximum atomic E-state index is 10.7. The lowest BCUT2D eigenvalue weighted by Crippen LogP contribution is -2.32. The number of benzene rings is 1. The van der Waals surface area contributed by atoms with Crippen LogP contribution in [0.25, 0.3) is 0 Å². The Labute approximate surface area is 102 Å². The molecule has 1 aliphatic carbocycles. The van der Waals surface area contributed by atoms with E-state index in [1.54, 1.807) is 0 Å². The number of hydrogen-bond acceptors (Lipinski definition) is 1. The van der Waals surface area contributed by atoms with Crippen LogP contribution in [0.15, 0.2) is 24.3 Å². The van der Waals surface area contributed by atoms with Crippen LogP contribution in [0.1, 0.15) is 44.6 Å². The summed E-state index contributed by atoms with van der Waals surface area (Å²) in [5.41, 5.74) is 0.215. The van der Waals surface area contributed by atoms with Gasteiger partial charge < -0.3 is 5.11 Å². The largest absolute Gasteiger partial charge is 0.385 e. The zero-order chi connectivity index (χ0) is 11.6. The summed E-state index contributed by atoms with van der Waals surface area (Å²) in [6, 6.07) is 7.69. The molecule has 1 aromatic rings. The average Bonchev–Trinajstić information content (AvgIpc) is 2.29.